The van der Waals surface area contributed by atoms with Crippen molar-refractivity contribution in [2.24, 2.45) is 5.73 Å². The van der Waals surface area contributed by atoms with Crippen LogP contribution >= 0.6 is 0 Å². The van der Waals surface area contributed by atoms with Gasteiger partial charge in [-0.3, -0.25) is 4.79 Å². The smallest absolute Gasteiger partial charge is 0.241 e. The van der Waals surface area contributed by atoms with Crippen LogP contribution in [0.5, 0.6) is 11.5 Å². The maximum absolute atomic E-state index is 11.5. The van der Waals surface area contributed by atoms with E-state index in [9.17, 15) is 4.79 Å². The van der Waals surface area contributed by atoms with Crippen molar-refractivity contribution in [3.8, 4) is 11.5 Å². The van der Waals surface area contributed by atoms with E-state index in [2.05, 4.69) is 5.32 Å². The molecular formula is C11H14N2O3. The van der Waals surface area contributed by atoms with E-state index in [1.807, 2.05) is 0 Å². The summed E-state index contributed by atoms with van der Waals surface area (Å²) < 4.78 is 10.9. The second-order valence-electron chi connectivity index (χ2n) is 3.61. The number of fused-ring (bicyclic) bond motifs is 1. The fourth-order valence-electron chi connectivity index (χ4n) is 1.42. The van der Waals surface area contributed by atoms with Crippen LogP contribution in [0.3, 0.4) is 0 Å². The molecule has 1 aliphatic rings. The third-order valence-corrected chi connectivity index (χ3v) is 2.24. The number of rotatable bonds is 2. The van der Waals surface area contributed by atoms with Gasteiger partial charge >= 0.3 is 0 Å². The van der Waals surface area contributed by atoms with E-state index in [0.29, 0.717) is 30.4 Å². The summed E-state index contributed by atoms with van der Waals surface area (Å²) in [5.74, 6) is 0.971. The molecular weight excluding hydrogens is 208 g/mol. The second kappa shape index (κ2) is 4.40. The van der Waals surface area contributed by atoms with E-state index in [-0.39, 0.29) is 5.91 Å². The Hall–Kier alpha value is -1.75. The van der Waals surface area contributed by atoms with Crippen LogP contribution in [-0.4, -0.2) is 25.2 Å². The second-order valence-corrected chi connectivity index (χ2v) is 3.61. The first-order valence-corrected chi connectivity index (χ1v) is 5.13. The van der Waals surface area contributed by atoms with E-state index in [1.54, 1.807) is 25.1 Å². The maximum Gasteiger partial charge on any atom is 0.241 e. The molecule has 0 saturated carbocycles. The Balaban J connectivity index is 2.24. The Morgan fingerprint density at radius 2 is 2.19 bits per heavy atom. The zero-order chi connectivity index (χ0) is 11.5. The lowest BCUT2D eigenvalue weighted by Gasteiger charge is -2.21. The van der Waals surface area contributed by atoms with Gasteiger partial charge in [0.2, 0.25) is 5.91 Å². The lowest BCUT2D eigenvalue weighted by Crippen LogP contribution is -2.32. The minimum absolute atomic E-state index is 0.248. The molecule has 0 bridgehead atoms. The van der Waals surface area contributed by atoms with Crippen molar-refractivity contribution < 1.29 is 14.3 Å². The summed E-state index contributed by atoms with van der Waals surface area (Å²) in [5, 5.41) is 2.70. The standard InChI is InChI=1S/C11H14N2O3/c1-7(12)11(14)13-8-3-2-4-9-10(8)16-6-5-15-9/h2-4,7H,5-6,12H2,1H3,(H,13,14). The molecule has 0 spiro atoms. The fraction of sp³-hybridized carbons (Fsp3) is 0.364. The average Bonchev–Trinajstić information content (AvgIpc) is 2.29. The Morgan fingerprint density at radius 1 is 1.44 bits per heavy atom. The molecule has 1 heterocycles. The summed E-state index contributed by atoms with van der Waals surface area (Å²) in [6.45, 7) is 2.64. The zero-order valence-electron chi connectivity index (χ0n) is 9.03. The van der Waals surface area contributed by atoms with Gasteiger partial charge in [-0.05, 0) is 19.1 Å². The van der Waals surface area contributed by atoms with Crippen molar-refractivity contribution in [1.82, 2.24) is 0 Å². The molecule has 1 amide bonds. The Morgan fingerprint density at radius 3 is 2.94 bits per heavy atom. The van der Waals surface area contributed by atoms with Gasteiger partial charge in [-0.2, -0.15) is 0 Å². The summed E-state index contributed by atoms with van der Waals surface area (Å²) in [6, 6.07) is 4.80. The van der Waals surface area contributed by atoms with Gasteiger partial charge in [-0.15, -0.1) is 0 Å². The van der Waals surface area contributed by atoms with Crippen LogP contribution in [0.25, 0.3) is 0 Å². The van der Waals surface area contributed by atoms with Crippen molar-refractivity contribution in [3.05, 3.63) is 18.2 Å². The van der Waals surface area contributed by atoms with Gasteiger partial charge in [0.25, 0.3) is 0 Å². The number of hydrogen-bond donors (Lipinski definition) is 2. The van der Waals surface area contributed by atoms with Crippen LogP contribution in [0.15, 0.2) is 18.2 Å². The molecule has 1 aliphatic heterocycles. The number of nitrogens with one attached hydrogen (secondary N) is 1. The highest BCUT2D eigenvalue weighted by atomic mass is 16.6. The van der Waals surface area contributed by atoms with E-state index in [0.717, 1.165) is 0 Å². The predicted octanol–water partition coefficient (Wildman–Crippen LogP) is 0.743. The number of para-hydroxylation sites is 1. The SMILES string of the molecule is CC(N)C(=O)Nc1cccc2c1OCCO2. The monoisotopic (exact) mass is 222 g/mol. The van der Waals surface area contributed by atoms with Crippen molar-refractivity contribution in [2.75, 3.05) is 18.5 Å². The van der Waals surface area contributed by atoms with Gasteiger partial charge in [0.05, 0.1) is 11.7 Å². The quantitative estimate of drug-likeness (QED) is 0.774. The topological polar surface area (TPSA) is 73.6 Å². The van der Waals surface area contributed by atoms with Gasteiger partial charge in [-0.1, -0.05) is 6.07 Å². The maximum atomic E-state index is 11.5. The Bertz CT molecular complexity index is 404. The molecule has 86 valence electrons. The number of hydrogen-bond acceptors (Lipinski definition) is 4. The normalized spacial score (nSPS) is 15.4. The van der Waals surface area contributed by atoms with Crippen LogP contribution in [0, 0.1) is 0 Å². The third-order valence-electron chi connectivity index (χ3n) is 2.24. The first-order valence-electron chi connectivity index (χ1n) is 5.13. The third kappa shape index (κ3) is 2.09. The number of benzene rings is 1. The van der Waals surface area contributed by atoms with Crippen LogP contribution in [0.2, 0.25) is 0 Å². The van der Waals surface area contributed by atoms with Crippen molar-refractivity contribution in [1.29, 1.82) is 0 Å². The molecule has 1 aromatic carbocycles. The molecule has 5 nitrogen and oxygen atoms in total. The lowest BCUT2D eigenvalue weighted by atomic mass is 10.2. The van der Waals surface area contributed by atoms with E-state index >= 15 is 0 Å². The summed E-state index contributed by atoms with van der Waals surface area (Å²) in [7, 11) is 0. The number of ether oxygens (including phenoxy) is 2. The zero-order valence-corrected chi connectivity index (χ0v) is 9.03. The van der Waals surface area contributed by atoms with E-state index in [4.69, 9.17) is 15.2 Å². The van der Waals surface area contributed by atoms with Gasteiger partial charge in [0.1, 0.15) is 13.2 Å². The average molecular weight is 222 g/mol. The predicted molar refractivity (Wildman–Crippen MR) is 59.7 cm³/mol. The molecule has 0 saturated heterocycles. The van der Waals surface area contributed by atoms with Crippen molar-refractivity contribution in [2.45, 2.75) is 13.0 Å². The summed E-state index contributed by atoms with van der Waals surface area (Å²) in [5.41, 5.74) is 6.07. The molecule has 3 N–H and O–H groups in total. The molecule has 1 aromatic rings. The molecule has 16 heavy (non-hydrogen) atoms. The molecule has 5 heteroatoms. The number of carbonyl (C=O) groups is 1. The fourth-order valence-corrected chi connectivity index (χ4v) is 1.42. The van der Waals surface area contributed by atoms with Crippen molar-refractivity contribution >= 4 is 11.6 Å². The number of anilines is 1. The van der Waals surface area contributed by atoms with Crippen LogP contribution in [0.4, 0.5) is 5.69 Å². The first-order chi connectivity index (χ1) is 7.68. The molecule has 2 rings (SSSR count). The molecule has 0 aromatic heterocycles. The molecule has 0 radical (unpaired) electrons. The van der Waals surface area contributed by atoms with E-state index < -0.39 is 6.04 Å². The highest BCUT2D eigenvalue weighted by Crippen LogP contribution is 2.37. The molecule has 1 unspecified atom stereocenters. The largest absolute Gasteiger partial charge is 0.486 e. The van der Waals surface area contributed by atoms with Crippen LogP contribution < -0.4 is 20.5 Å². The molecule has 0 fully saturated rings. The number of nitrogens with two attached hydrogens (primary N) is 1. The van der Waals surface area contributed by atoms with Gasteiger partial charge in [-0.25, -0.2) is 0 Å². The van der Waals surface area contributed by atoms with E-state index in [1.165, 1.54) is 0 Å². The minimum Gasteiger partial charge on any atom is -0.486 e. The number of amides is 1. The summed E-state index contributed by atoms with van der Waals surface area (Å²) in [4.78, 5) is 11.5. The number of carbonyl (C=O) groups excluding carboxylic acids is 1. The lowest BCUT2D eigenvalue weighted by molar-refractivity contribution is -0.117. The Labute approximate surface area is 93.5 Å². The van der Waals surface area contributed by atoms with Crippen LogP contribution in [0.1, 0.15) is 6.92 Å². The molecule has 1 atom stereocenters. The van der Waals surface area contributed by atoms with Gasteiger partial charge in [0, 0.05) is 0 Å². The highest BCUT2D eigenvalue weighted by molar-refractivity contribution is 5.96. The first kappa shape index (κ1) is 10.8. The summed E-state index contributed by atoms with van der Waals surface area (Å²) in [6.07, 6.45) is 0. The van der Waals surface area contributed by atoms with Crippen molar-refractivity contribution in [3.63, 3.8) is 0 Å². The highest BCUT2D eigenvalue weighted by Gasteiger charge is 2.17. The summed E-state index contributed by atoms with van der Waals surface area (Å²) >= 11 is 0. The van der Waals surface area contributed by atoms with Gasteiger partial charge in [0.15, 0.2) is 11.5 Å². The van der Waals surface area contributed by atoms with Crippen LogP contribution in [-0.2, 0) is 4.79 Å². The minimum atomic E-state index is -0.555. The van der Waals surface area contributed by atoms with Gasteiger partial charge < -0.3 is 20.5 Å². The molecule has 0 aliphatic carbocycles. The Kier molecular flexibility index (Phi) is 2.96.